The second-order valence-corrected chi connectivity index (χ2v) is 17.9. The van der Waals surface area contributed by atoms with Crippen LogP contribution in [0.1, 0.15) is 22.8 Å². The molecule has 5 heterocycles. The average molecular weight is 972 g/mol. The third kappa shape index (κ3) is 6.66. The maximum atomic E-state index is 13.5. The molecule has 3 N–H and O–H groups in total. The van der Waals surface area contributed by atoms with Crippen molar-refractivity contribution in [2.24, 2.45) is 0 Å². The molecule has 0 fully saturated rings. The number of fused-ring (bicyclic) bond motifs is 8. The quantitative estimate of drug-likeness (QED) is 0.150. The molecule has 7 nitrogen and oxygen atoms in total. The van der Waals surface area contributed by atoms with Crippen molar-refractivity contribution in [3.05, 3.63) is 192 Å². The lowest BCUT2D eigenvalue weighted by molar-refractivity contribution is 0.496. The summed E-state index contributed by atoms with van der Waals surface area (Å²) >= 11 is 57.4. The first-order valence-corrected chi connectivity index (χ1v) is 22.2. The fraction of sp³-hybridized carbons (Fsp3) is 0. The van der Waals surface area contributed by atoms with E-state index in [1.807, 2.05) is 126 Å². The summed E-state index contributed by atoms with van der Waals surface area (Å²) in [5, 5.41) is -0.566. The smallest absolute Gasteiger partial charge is 0.298 e. The van der Waals surface area contributed by atoms with Crippen molar-refractivity contribution >= 4 is 123 Å². The highest BCUT2D eigenvalue weighted by molar-refractivity contribution is 7.95. The van der Waals surface area contributed by atoms with E-state index in [4.69, 9.17) is 93.0 Å². The standard InChI is InChI=1S/C44H24Cl8N4O3S/c45-30-27-21-26(22-13-5-1-6-14-22)37(53-27)35(50)40-28(23-15-7-2-8-16-23)29(24-17-9-3-10-18-24)41(55(40)25-19-11-4-12-20-25)36(51)38-31(46)32(47)39(54-38)44(60(57,58)59)43-34(49)33(48)42(30)56(43)52/h1-21,53-54H,(H,57,58,59). The molecule has 0 unspecified atom stereocenters. The van der Waals surface area contributed by atoms with Crippen LogP contribution in [-0.4, -0.2) is 31.6 Å². The van der Waals surface area contributed by atoms with Crippen molar-refractivity contribution in [3.8, 4) is 39.1 Å². The number of hydrogen-bond acceptors (Lipinski definition) is 2. The predicted molar refractivity (Wildman–Crippen MR) is 247 cm³/mol. The Morgan fingerprint density at radius 1 is 0.483 bits per heavy atom. The molecule has 300 valence electrons. The maximum absolute atomic E-state index is 13.5. The molecule has 1 aliphatic heterocycles. The monoisotopic (exact) mass is 968 g/mol. The van der Waals surface area contributed by atoms with Gasteiger partial charge < -0.3 is 14.5 Å². The molecule has 8 aromatic rings. The van der Waals surface area contributed by atoms with E-state index in [2.05, 4.69) is 9.97 Å². The van der Waals surface area contributed by atoms with Crippen LogP contribution in [0.25, 0.3) is 59.1 Å². The number of hydrogen-bond donors (Lipinski definition) is 3. The molecule has 0 saturated carbocycles. The van der Waals surface area contributed by atoms with Crippen molar-refractivity contribution in [1.82, 2.24) is 18.6 Å². The molecule has 1 aliphatic rings. The van der Waals surface area contributed by atoms with Gasteiger partial charge in [-0.05, 0) is 34.9 Å². The Hall–Kier alpha value is -4.29. The van der Waals surface area contributed by atoms with Gasteiger partial charge in [0.05, 0.1) is 74.0 Å². The van der Waals surface area contributed by atoms with Crippen LogP contribution in [0.4, 0.5) is 0 Å². The second-order valence-electron chi connectivity index (χ2n) is 13.5. The van der Waals surface area contributed by atoms with Crippen molar-refractivity contribution in [2.45, 2.75) is 0 Å². The summed E-state index contributed by atoms with van der Waals surface area (Å²) < 4.78 is 40.7. The Labute approximate surface area is 382 Å². The van der Waals surface area contributed by atoms with Gasteiger partial charge in [-0.1, -0.05) is 190 Å². The molecular formula is C44H24Cl8N4O3S. The molecule has 0 atom stereocenters. The Morgan fingerprint density at radius 3 is 1.45 bits per heavy atom. The SMILES string of the molecule is O=S(=O)(O)C1=c2c(Cl)c(Cl)c(n2Cl)=C(Cl)c2cc(-c3ccccc3)c([nH]2)C(Cl)=c2c(-c3ccccc3)c(-c3ccccc3)c(n2-c2ccccc2)=C(Cl)c2[nH]c1c(Cl)c2Cl. The number of rotatable bonds is 5. The van der Waals surface area contributed by atoms with Gasteiger partial charge >= 0.3 is 0 Å². The van der Waals surface area contributed by atoms with Crippen molar-refractivity contribution in [3.63, 3.8) is 0 Å². The molecule has 16 heteroatoms. The first-order chi connectivity index (χ1) is 28.8. The number of benzene rings is 4. The van der Waals surface area contributed by atoms with Gasteiger partial charge in [-0.3, -0.25) is 4.55 Å². The summed E-state index contributed by atoms with van der Waals surface area (Å²) in [6.45, 7) is 0. The normalized spacial score (nSPS) is 13.1. The first kappa shape index (κ1) is 41.1. The Balaban J connectivity index is 1.66. The third-order valence-electron chi connectivity index (χ3n) is 10.1. The van der Waals surface area contributed by atoms with Crippen molar-refractivity contribution in [2.75, 3.05) is 0 Å². The van der Waals surface area contributed by atoms with E-state index in [1.54, 1.807) is 6.07 Å². The summed E-state index contributed by atoms with van der Waals surface area (Å²) in [5.41, 5.74) is 5.27. The number of aromatic amines is 2. The van der Waals surface area contributed by atoms with E-state index in [-0.39, 0.29) is 57.6 Å². The Kier molecular flexibility index (Phi) is 10.9. The number of nitrogens with one attached hydrogen (secondary N) is 2. The van der Waals surface area contributed by atoms with Crippen molar-refractivity contribution < 1.29 is 13.0 Å². The molecular weight excluding hydrogens is 948 g/mol. The van der Waals surface area contributed by atoms with Gasteiger partial charge in [0.25, 0.3) is 10.1 Å². The van der Waals surface area contributed by atoms with Crippen LogP contribution in [0.15, 0.2) is 127 Å². The van der Waals surface area contributed by atoms with E-state index in [0.717, 1.165) is 20.8 Å². The number of nitrogens with zero attached hydrogens (tertiary/aromatic N) is 2. The van der Waals surface area contributed by atoms with Crippen LogP contribution in [0.2, 0.25) is 20.1 Å². The fourth-order valence-electron chi connectivity index (χ4n) is 7.55. The van der Waals surface area contributed by atoms with Crippen LogP contribution in [0.5, 0.6) is 0 Å². The zero-order chi connectivity index (χ0) is 42.2. The Morgan fingerprint density at radius 2 is 0.933 bits per heavy atom. The van der Waals surface area contributed by atoms with Gasteiger partial charge in [-0.25, -0.2) is 4.09 Å². The number of aromatic nitrogens is 4. The van der Waals surface area contributed by atoms with Crippen LogP contribution in [0, 0.1) is 0 Å². The largest absolute Gasteiger partial charge is 0.352 e. The fourth-order valence-corrected chi connectivity index (χ4v) is 11.1. The minimum atomic E-state index is -5.24. The summed E-state index contributed by atoms with van der Waals surface area (Å²) in [5.74, 6) is 0. The van der Waals surface area contributed by atoms with E-state index >= 15 is 0 Å². The molecule has 60 heavy (non-hydrogen) atoms. The lowest BCUT2D eigenvalue weighted by atomic mass is 9.96. The van der Waals surface area contributed by atoms with Crippen LogP contribution >= 0.6 is 93.0 Å². The summed E-state index contributed by atoms with van der Waals surface area (Å²) in [6, 6.07) is 40.0. The molecule has 4 aromatic carbocycles. The summed E-state index contributed by atoms with van der Waals surface area (Å²) in [4.78, 5) is 5.58. The second kappa shape index (κ2) is 15.9. The summed E-state index contributed by atoms with van der Waals surface area (Å²) in [7, 11) is -5.24. The molecule has 0 aliphatic carbocycles. The van der Waals surface area contributed by atoms with E-state index in [0.29, 0.717) is 38.8 Å². The third-order valence-corrected chi connectivity index (χ3v) is 14.2. The lowest BCUT2D eigenvalue weighted by Crippen LogP contribution is -2.29. The van der Waals surface area contributed by atoms with Gasteiger partial charge in [-0.15, -0.1) is 0 Å². The highest BCUT2D eigenvalue weighted by Gasteiger charge is 2.33. The molecule has 0 radical (unpaired) electrons. The first-order valence-electron chi connectivity index (χ1n) is 17.8. The topological polar surface area (TPSA) is 95.8 Å². The molecule has 9 rings (SSSR count). The molecule has 4 aromatic heterocycles. The van der Waals surface area contributed by atoms with Gasteiger partial charge in [0.2, 0.25) is 0 Å². The van der Waals surface area contributed by atoms with E-state index < -0.39 is 20.4 Å². The Bertz CT molecular complexity index is 3420. The minimum Gasteiger partial charge on any atom is -0.352 e. The lowest BCUT2D eigenvalue weighted by Gasteiger charge is -2.11. The number of para-hydroxylation sites is 1. The van der Waals surface area contributed by atoms with Crippen LogP contribution < -0.4 is 21.4 Å². The zero-order valence-corrected chi connectivity index (χ0v) is 37.1. The highest BCUT2D eigenvalue weighted by atomic mass is 35.5. The molecule has 0 spiro atoms. The molecule has 0 saturated heterocycles. The average Bonchev–Trinajstić information content (AvgIpc) is 3.99. The van der Waals surface area contributed by atoms with Gasteiger partial charge in [0.15, 0.2) is 0 Å². The summed E-state index contributed by atoms with van der Waals surface area (Å²) in [6.07, 6.45) is 0. The van der Waals surface area contributed by atoms with Gasteiger partial charge in [0.1, 0.15) is 10.3 Å². The van der Waals surface area contributed by atoms with Crippen LogP contribution in [-0.2, 0) is 10.1 Å². The van der Waals surface area contributed by atoms with E-state index in [9.17, 15) is 13.0 Å². The predicted octanol–water partition coefficient (Wildman–Crippen LogP) is 11.1. The maximum Gasteiger partial charge on any atom is 0.298 e. The zero-order valence-electron chi connectivity index (χ0n) is 30.2. The molecule has 0 amide bonds. The molecule has 8 bridgehead atoms. The number of halogens is 8. The minimum absolute atomic E-state index is 0.00319. The van der Waals surface area contributed by atoms with Gasteiger partial charge in [0, 0.05) is 34.2 Å². The van der Waals surface area contributed by atoms with Crippen molar-refractivity contribution in [1.29, 1.82) is 0 Å². The number of H-pyrrole nitrogens is 2. The van der Waals surface area contributed by atoms with Crippen LogP contribution in [0.3, 0.4) is 0 Å². The van der Waals surface area contributed by atoms with E-state index in [1.165, 1.54) is 0 Å². The van der Waals surface area contributed by atoms with Gasteiger partial charge in [-0.2, -0.15) is 8.42 Å². The highest BCUT2D eigenvalue weighted by Crippen LogP contribution is 2.41.